The Morgan fingerprint density at radius 1 is 1.25 bits per heavy atom. The molecule has 0 aliphatic carbocycles. The molecule has 1 heterocycles. The van der Waals surface area contributed by atoms with Crippen molar-refractivity contribution in [1.82, 2.24) is 9.62 Å². The van der Waals surface area contributed by atoms with Gasteiger partial charge >= 0.3 is 0 Å². The number of piperidine rings is 1. The van der Waals surface area contributed by atoms with Gasteiger partial charge in [0.15, 0.2) is 0 Å². The minimum Gasteiger partial charge on any atom is -0.351 e. The normalized spacial score (nSPS) is 15.6. The second kappa shape index (κ2) is 11.0. The molecule has 1 aliphatic heterocycles. The van der Waals surface area contributed by atoms with E-state index in [2.05, 4.69) is 12.2 Å². The molecular weight excluding hydrogens is 471 g/mol. The van der Waals surface area contributed by atoms with E-state index in [9.17, 15) is 17.6 Å². The zero-order valence-electron chi connectivity index (χ0n) is 18.2. The average molecular weight is 499 g/mol. The molecule has 3 rings (SSSR count). The molecule has 0 bridgehead atoms. The Kier molecular flexibility index (Phi) is 8.61. The molecule has 2 aromatic carbocycles. The third-order valence-corrected chi connectivity index (χ3v) is 8.91. The first-order chi connectivity index (χ1) is 15.2. The lowest BCUT2D eigenvalue weighted by molar-refractivity contribution is 0.0955. The fourth-order valence-electron chi connectivity index (χ4n) is 3.56. The number of sulfonamides is 1. The number of hydrogen-bond donors (Lipinski definition) is 1. The molecule has 1 N–H and O–H groups in total. The van der Waals surface area contributed by atoms with Crippen molar-refractivity contribution in [2.75, 3.05) is 25.4 Å². The molecule has 1 aliphatic rings. The molecule has 0 saturated carbocycles. The highest BCUT2D eigenvalue weighted by atomic mass is 35.5. The maximum atomic E-state index is 13.8. The van der Waals surface area contributed by atoms with Crippen molar-refractivity contribution >= 4 is 39.3 Å². The van der Waals surface area contributed by atoms with Gasteiger partial charge in [-0.25, -0.2) is 12.8 Å². The van der Waals surface area contributed by atoms with Crippen molar-refractivity contribution in [2.24, 2.45) is 5.92 Å². The Morgan fingerprint density at radius 3 is 2.66 bits per heavy atom. The summed E-state index contributed by atoms with van der Waals surface area (Å²) in [5, 5.41) is 3.21. The first-order valence-corrected chi connectivity index (χ1v) is 13.6. The summed E-state index contributed by atoms with van der Waals surface area (Å²) < 4.78 is 41.4. The standard InChI is InChI=1S/C23H28ClFN2O3S2/c1-16-8-11-27(12-9-16)32(29,30)18-7-6-17(2)19(14-18)23(28)26-10-13-31-15-20-21(24)4-3-5-22(20)25/h3-7,14,16H,8-13,15H2,1-2H3,(H,26,28). The molecule has 0 spiro atoms. The Bertz CT molecular complexity index is 1050. The van der Waals surface area contributed by atoms with E-state index in [1.165, 1.54) is 28.2 Å². The van der Waals surface area contributed by atoms with Gasteiger partial charge in [0.1, 0.15) is 5.82 Å². The van der Waals surface area contributed by atoms with Crippen LogP contribution in [-0.4, -0.2) is 44.0 Å². The second-order valence-electron chi connectivity index (χ2n) is 8.07. The zero-order valence-corrected chi connectivity index (χ0v) is 20.6. The molecule has 2 aromatic rings. The molecule has 1 fully saturated rings. The molecule has 0 aromatic heterocycles. The summed E-state index contributed by atoms with van der Waals surface area (Å²) >= 11 is 7.49. The van der Waals surface area contributed by atoms with E-state index < -0.39 is 10.0 Å². The quantitative estimate of drug-likeness (QED) is 0.527. The molecule has 0 unspecified atom stereocenters. The van der Waals surface area contributed by atoms with Crippen LogP contribution in [0, 0.1) is 18.7 Å². The fourth-order valence-corrected chi connectivity index (χ4v) is 6.25. The van der Waals surface area contributed by atoms with Crippen molar-refractivity contribution < 1.29 is 17.6 Å². The van der Waals surface area contributed by atoms with E-state index in [1.807, 2.05) is 0 Å². The largest absolute Gasteiger partial charge is 0.351 e. The van der Waals surface area contributed by atoms with Gasteiger partial charge in [0, 0.05) is 47.3 Å². The summed E-state index contributed by atoms with van der Waals surface area (Å²) in [6.07, 6.45) is 1.68. The van der Waals surface area contributed by atoms with Crippen molar-refractivity contribution in [3.05, 3.63) is 63.9 Å². The van der Waals surface area contributed by atoms with E-state index in [1.54, 1.807) is 31.2 Å². The number of benzene rings is 2. The molecule has 0 atom stereocenters. The summed E-state index contributed by atoms with van der Waals surface area (Å²) in [7, 11) is -3.62. The molecule has 1 saturated heterocycles. The van der Waals surface area contributed by atoms with E-state index in [0.29, 0.717) is 58.8 Å². The molecule has 0 radical (unpaired) electrons. The number of carbonyl (C=O) groups is 1. The first kappa shape index (κ1) is 25.0. The van der Waals surface area contributed by atoms with E-state index >= 15 is 0 Å². The summed E-state index contributed by atoms with van der Waals surface area (Å²) in [5.74, 6) is 0.831. The number of halogens is 2. The third-order valence-electron chi connectivity index (χ3n) is 5.67. The second-order valence-corrected chi connectivity index (χ2v) is 11.5. The number of amides is 1. The number of nitrogens with one attached hydrogen (secondary N) is 1. The van der Waals surface area contributed by atoms with Gasteiger partial charge in [-0.2, -0.15) is 16.1 Å². The van der Waals surface area contributed by atoms with Gasteiger partial charge in [-0.05, 0) is 55.5 Å². The Hall–Kier alpha value is -1.61. The van der Waals surface area contributed by atoms with Gasteiger partial charge in [0.05, 0.1) is 4.90 Å². The maximum Gasteiger partial charge on any atom is 0.251 e. The Labute approximate surface area is 198 Å². The predicted molar refractivity (Wildman–Crippen MR) is 128 cm³/mol. The molecular formula is C23H28ClFN2O3S2. The van der Waals surface area contributed by atoms with Crippen molar-refractivity contribution in [2.45, 2.75) is 37.3 Å². The lowest BCUT2D eigenvalue weighted by atomic mass is 10.0. The first-order valence-electron chi connectivity index (χ1n) is 10.6. The van der Waals surface area contributed by atoms with E-state index in [-0.39, 0.29) is 16.6 Å². The van der Waals surface area contributed by atoms with Crippen LogP contribution < -0.4 is 5.32 Å². The van der Waals surface area contributed by atoms with Crippen LogP contribution in [0.3, 0.4) is 0 Å². The van der Waals surface area contributed by atoms with E-state index in [0.717, 1.165) is 12.8 Å². The predicted octanol–water partition coefficient (Wildman–Crippen LogP) is 4.87. The van der Waals surface area contributed by atoms with Gasteiger partial charge in [-0.15, -0.1) is 0 Å². The van der Waals surface area contributed by atoms with Crippen LogP contribution in [-0.2, 0) is 15.8 Å². The summed E-state index contributed by atoms with van der Waals surface area (Å²) in [6, 6.07) is 9.28. The van der Waals surface area contributed by atoms with Gasteiger partial charge in [-0.3, -0.25) is 4.79 Å². The lowest BCUT2D eigenvalue weighted by Crippen LogP contribution is -2.38. The summed E-state index contributed by atoms with van der Waals surface area (Å²) in [6.45, 7) is 5.28. The van der Waals surface area contributed by atoms with Crippen LogP contribution >= 0.6 is 23.4 Å². The van der Waals surface area contributed by atoms with Crippen LogP contribution in [0.4, 0.5) is 4.39 Å². The van der Waals surface area contributed by atoms with Gasteiger partial charge in [0.25, 0.3) is 5.91 Å². The Balaban J connectivity index is 1.58. The monoisotopic (exact) mass is 498 g/mol. The fraction of sp³-hybridized carbons (Fsp3) is 0.435. The maximum absolute atomic E-state index is 13.8. The van der Waals surface area contributed by atoms with Crippen molar-refractivity contribution in [3.63, 3.8) is 0 Å². The number of thioether (sulfide) groups is 1. The topological polar surface area (TPSA) is 66.5 Å². The molecule has 1 amide bonds. The summed E-state index contributed by atoms with van der Waals surface area (Å²) in [4.78, 5) is 12.8. The average Bonchev–Trinajstić information content (AvgIpc) is 2.75. The highest BCUT2D eigenvalue weighted by molar-refractivity contribution is 7.98. The molecule has 9 heteroatoms. The van der Waals surface area contributed by atoms with Crippen molar-refractivity contribution in [1.29, 1.82) is 0 Å². The highest BCUT2D eigenvalue weighted by Gasteiger charge is 2.28. The Morgan fingerprint density at radius 2 is 1.97 bits per heavy atom. The number of nitrogens with zero attached hydrogens (tertiary/aromatic N) is 1. The smallest absolute Gasteiger partial charge is 0.251 e. The highest BCUT2D eigenvalue weighted by Crippen LogP contribution is 2.26. The molecule has 5 nitrogen and oxygen atoms in total. The van der Waals surface area contributed by atoms with Gasteiger partial charge in [-0.1, -0.05) is 30.7 Å². The number of hydrogen-bond acceptors (Lipinski definition) is 4. The molecule has 32 heavy (non-hydrogen) atoms. The summed E-state index contributed by atoms with van der Waals surface area (Å²) in [5.41, 5.74) is 1.50. The minimum absolute atomic E-state index is 0.145. The van der Waals surface area contributed by atoms with Crippen molar-refractivity contribution in [3.8, 4) is 0 Å². The number of aryl methyl sites for hydroxylation is 1. The van der Waals surface area contributed by atoms with Crippen LogP contribution in [0.5, 0.6) is 0 Å². The SMILES string of the molecule is Cc1ccc(S(=O)(=O)N2CCC(C)CC2)cc1C(=O)NCCSCc1c(F)cccc1Cl. The number of carbonyl (C=O) groups excluding carboxylic acids is 1. The zero-order chi connectivity index (χ0) is 23.3. The van der Waals surface area contributed by atoms with E-state index in [4.69, 9.17) is 11.6 Å². The minimum atomic E-state index is -3.62. The lowest BCUT2D eigenvalue weighted by Gasteiger charge is -2.29. The third kappa shape index (κ3) is 6.04. The van der Waals surface area contributed by atoms with Crippen LogP contribution in [0.2, 0.25) is 5.02 Å². The van der Waals surface area contributed by atoms with Crippen LogP contribution in [0.15, 0.2) is 41.3 Å². The van der Waals surface area contributed by atoms with Crippen LogP contribution in [0.25, 0.3) is 0 Å². The van der Waals surface area contributed by atoms with Gasteiger partial charge in [0.2, 0.25) is 10.0 Å². The number of rotatable bonds is 8. The molecule has 174 valence electrons. The van der Waals surface area contributed by atoms with Crippen LogP contribution in [0.1, 0.15) is 41.3 Å². The van der Waals surface area contributed by atoms with Gasteiger partial charge < -0.3 is 5.32 Å².